The van der Waals surface area contributed by atoms with Gasteiger partial charge >= 0.3 is 5.69 Å². The summed E-state index contributed by atoms with van der Waals surface area (Å²) in [7, 11) is 0. The first kappa shape index (κ1) is 21.3. The van der Waals surface area contributed by atoms with Crippen molar-refractivity contribution in [1.82, 2.24) is 9.55 Å². The molecule has 1 fully saturated rings. The Labute approximate surface area is 181 Å². The second kappa shape index (κ2) is 6.98. The number of halogens is 5. The number of aliphatic hydroxyl groups excluding tert-OH is 1. The molecule has 0 bridgehead atoms. The Morgan fingerprint density at radius 2 is 1.97 bits per heavy atom. The molecule has 2 N–H and O–H groups in total. The normalized spacial score (nSPS) is 20.2. The molecule has 2 aliphatic rings. The summed E-state index contributed by atoms with van der Waals surface area (Å²) in [6.07, 6.45) is -4.86. The first-order valence-corrected chi connectivity index (χ1v) is 10.8. The molecule has 5 nitrogen and oxygen atoms in total. The monoisotopic (exact) mass is 472 g/mol. The molecule has 1 saturated carbocycles. The fourth-order valence-electron chi connectivity index (χ4n) is 4.51. The minimum atomic E-state index is -3.35. The number of H-pyrrole nitrogens is 1. The summed E-state index contributed by atoms with van der Waals surface area (Å²) in [6, 6.07) is 0.887. The number of alkyl halides is 4. The number of aliphatic hydroxyl groups is 1. The molecular formula is C21H17F5N2O3S. The summed E-state index contributed by atoms with van der Waals surface area (Å²) in [4.78, 5) is 27.5. The second-order valence-corrected chi connectivity index (χ2v) is 9.40. The lowest BCUT2D eigenvalue weighted by molar-refractivity contribution is -0.121. The molecule has 0 spiro atoms. The number of thiophene rings is 1. The SMILES string of the molecule is Cc1c(-c2cc3c(s2)CCC(F)(F)C3O)c(F)c(C(F)F)c2c(=O)[nH]c(=O)n(C3CC3)c12. The van der Waals surface area contributed by atoms with Crippen LogP contribution in [0, 0.1) is 12.7 Å². The maximum atomic E-state index is 15.5. The predicted octanol–water partition coefficient (Wildman–Crippen LogP) is 4.75. The van der Waals surface area contributed by atoms with Gasteiger partial charge in [0.2, 0.25) is 0 Å². The molecular weight excluding hydrogens is 455 g/mol. The van der Waals surface area contributed by atoms with E-state index in [1.54, 1.807) is 0 Å². The van der Waals surface area contributed by atoms with E-state index in [1.807, 2.05) is 4.98 Å². The van der Waals surface area contributed by atoms with Gasteiger partial charge in [-0.3, -0.25) is 14.3 Å². The smallest absolute Gasteiger partial charge is 0.329 e. The van der Waals surface area contributed by atoms with Crippen molar-refractivity contribution < 1.29 is 27.1 Å². The van der Waals surface area contributed by atoms with Gasteiger partial charge in [-0.05, 0) is 37.8 Å². The van der Waals surface area contributed by atoms with E-state index in [2.05, 4.69) is 0 Å². The quantitative estimate of drug-likeness (QED) is 0.540. The number of rotatable bonds is 3. The molecule has 1 unspecified atom stereocenters. The Kier molecular flexibility index (Phi) is 4.65. The standard InChI is InChI=1S/C21H17F5N2O3S/c1-7-12(11-6-9-10(32-11)4-5-21(25,26)17(9)29)15(22)13(18(23)24)14-16(7)28(8-2-3-8)20(31)27-19(14)30/h6,8,17-18,29H,2-5H2,1H3,(H,27,30,31). The van der Waals surface area contributed by atoms with Gasteiger partial charge in [0.25, 0.3) is 17.9 Å². The van der Waals surface area contributed by atoms with Crippen LogP contribution < -0.4 is 11.2 Å². The molecule has 5 rings (SSSR count). The van der Waals surface area contributed by atoms with E-state index < -0.39 is 52.9 Å². The topological polar surface area (TPSA) is 75.1 Å². The van der Waals surface area contributed by atoms with Gasteiger partial charge in [-0.1, -0.05) is 0 Å². The minimum Gasteiger partial charge on any atom is -0.382 e. The summed E-state index contributed by atoms with van der Waals surface area (Å²) in [6.45, 7) is 1.41. The van der Waals surface area contributed by atoms with Gasteiger partial charge in [0.1, 0.15) is 11.9 Å². The van der Waals surface area contributed by atoms with E-state index in [1.165, 1.54) is 17.6 Å². The Bertz CT molecular complexity index is 1390. The second-order valence-electron chi connectivity index (χ2n) is 8.27. The molecule has 2 aliphatic carbocycles. The van der Waals surface area contributed by atoms with Crippen LogP contribution in [0.1, 0.15) is 59.4 Å². The third-order valence-corrected chi connectivity index (χ3v) is 7.43. The van der Waals surface area contributed by atoms with Crippen molar-refractivity contribution in [3.05, 3.63) is 54.3 Å². The highest BCUT2D eigenvalue weighted by molar-refractivity contribution is 7.15. The van der Waals surface area contributed by atoms with E-state index >= 15 is 4.39 Å². The molecule has 11 heteroatoms. The number of hydrogen-bond donors (Lipinski definition) is 2. The predicted molar refractivity (Wildman–Crippen MR) is 108 cm³/mol. The molecule has 0 saturated heterocycles. The van der Waals surface area contributed by atoms with E-state index in [-0.39, 0.29) is 39.5 Å². The Morgan fingerprint density at radius 1 is 1.28 bits per heavy atom. The lowest BCUT2D eigenvalue weighted by Gasteiger charge is -2.27. The molecule has 170 valence electrons. The lowest BCUT2D eigenvalue weighted by Crippen LogP contribution is -2.31. The van der Waals surface area contributed by atoms with Crippen LogP contribution in [0.25, 0.3) is 21.3 Å². The summed E-state index contributed by atoms with van der Waals surface area (Å²) >= 11 is 0.937. The zero-order valence-corrected chi connectivity index (χ0v) is 17.5. The number of aromatic amines is 1. The minimum absolute atomic E-state index is 0.0491. The van der Waals surface area contributed by atoms with Crippen LogP contribution in [-0.2, 0) is 6.42 Å². The van der Waals surface area contributed by atoms with Gasteiger partial charge in [0.15, 0.2) is 0 Å². The van der Waals surface area contributed by atoms with Gasteiger partial charge in [0.05, 0.1) is 16.5 Å². The highest BCUT2D eigenvalue weighted by atomic mass is 32.1. The van der Waals surface area contributed by atoms with Gasteiger partial charge in [-0.25, -0.2) is 26.7 Å². The Hall–Kier alpha value is -2.53. The van der Waals surface area contributed by atoms with E-state index in [0.29, 0.717) is 17.7 Å². The van der Waals surface area contributed by atoms with Gasteiger partial charge in [-0.15, -0.1) is 11.3 Å². The Balaban J connectivity index is 1.87. The highest BCUT2D eigenvalue weighted by Crippen LogP contribution is 2.49. The van der Waals surface area contributed by atoms with Crippen LogP contribution in [0.4, 0.5) is 22.0 Å². The van der Waals surface area contributed by atoms with Crippen LogP contribution in [0.15, 0.2) is 15.7 Å². The zero-order valence-electron chi connectivity index (χ0n) is 16.6. The highest BCUT2D eigenvalue weighted by Gasteiger charge is 2.44. The molecule has 2 heterocycles. The first-order chi connectivity index (χ1) is 15.0. The third kappa shape index (κ3) is 2.97. The summed E-state index contributed by atoms with van der Waals surface area (Å²) in [5, 5.41) is 9.47. The van der Waals surface area contributed by atoms with E-state index in [4.69, 9.17) is 0 Å². The van der Waals surface area contributed by atoms with Crippen LogP contribution in [0.5, 0.6) is 0 Å². The molecule has 1 atom stereocenters. The van der Waals surface area contributed by atoms with Crippen LogP contribution in [0.2, 0.25) is 0 Å². The Morgan fingerprint density at radius 3 is 2.59 bits per heavy atom. The summed E-state index contributed by atoms with van der Waals surface area (Å²) in [5.74, 6) is -4.69. The number of aryl methyl sites for hydroxylation is 2. The van der Waals surface area contributed by atoms with Crippen molar-refractivity contribution in [2.45, 2.75) is 57.1 Å². The maximum Gasteiger partial charge on any atom is 0.329 e. The number of nitrogens with one attached hydrogen (secondary N) is 1. The van der Waals surface area contributed by atoms with Crippen molar-refractivity contribution in [1.29, 1.82) is 0 Å². The van der Waals surface area contributed by atoms with E-state index in [0.717, 1.165) is 11.3 Å². The molecule has 0 aliphatic heterocycles. The van der Waals surface area contributed by atoms with Crippen LogP contribution in [-0.4, -0.2) is 20.6 Å². The van der Waals surface area contributed by atoms with Crippen molar-refractivity contribution in [3.8, 4) is 10.4 Å². The number of aromatic nitrogens is 2. The van der Waals surface area contributed by atoms with E-state index in [9.17, 15) is 32.3 Å². The number of benzene rings is 1. The van der Waals surface area contributed by atoms with Crippen molar-refractivity contribution in [2.75, 3.05) is 0 Å². The molecule has 0 radical (unpaired) electrons. The molecule has 1 aromatic carbocycles. The molecule has 0 amide bonds. The maximum absolute atomic E-state index is 15.5. The van der Waals surface area contributed by atoms with Crippen molar-refractivity contribution in [2.24, 2.45) is 0 Å². The lowest BCUT2D eigenvalue weighted by atomic mass is 9.91. The van der Waals surface area contributed by atoms with Crippen molar-refractivity contribution >= 4 is 22.2 Å². The molecule has 32 heavy (non-hydrogen) atoms. The summed E-state index contributed by atoms with van der Waals surface area (Å²) in [5.41, 5.74) is -3.33. The summed E-state index contributed by atoms with van der Waals surface area (Å²) < 4.78 is 72.6. The van der Waals surface area contributed by atoms with Crippen LogP contribution in [0.3, 0.4) is 0 Å². The van der Waals surface area contributed by atoms with Crippen LogP contribution >= 0.6 is 11.3 Å². The zero-order chi connectivity index (χ0) is 23.1. The number of hydrogen-bond acceptors (Lipinski definition) is 4. The average Bonchev–Trinajstić information content (AvgIpc) is 3.44. The largest absolute Gasteiger partial charge is 0.382 e. The fourth-order valence-corrected chi connectivity index (χ4v) is 5.80. The first-order valence-electron chi connectivity index (χ1n) is 10.0. The van der Waals surface area contributed by atoms with Gasteiger partial charge < -0.3 is 5.11 Å². The number of fused-ring (bicyclic) bond motifs is 2. The fraction of sp³-hybridized carbons (Fsp3) is 0.429. The molecule has 3 aromatic rings. The van der Waals surface area contributed by atoms with Gasteiger partial charge in [0, 0.05) is 33.3 Å². The molecule has 2 aromatic heterocycles. The van der Waals surface area contributed by atoms with Crippen molar-refractivity contribution in [3.63, 3.8) is 0 Å². The van der Waals surface area contributed by atoms with Gasteiger partial charge in [-0.2, -0.15) is 0 Å². The average molecular weight is 472 g/mol. The third-order valence-electron chi connectivity index (χ3n) is 6.20. The number of nitrogens with zero attached hydrogens (tertiary/aromatic N) is 1.